The Morgan fingerprint density at radius 1 is 1.09 bits per heavy atom. The van der Waals surface area contributed by atoms with Crippen LogP contribution in [-0.2, 0) is 22.6 Å². The van der Waals surface area contributed by atoms with E-state index in [9.17, 15) is 14.0 Å². The molecule has 1 atom stereocenters. The number of nitrogens with one attached hydrogen (secondary N) is 1. The van der Waals surface area contributed by atoms with Crippen molar-refractivity contribution >= 4 is 39.3 Å². The van der Waals surface area contributed by atoms with Crippen molar-refractivity contribution in [2.24, 2.45) is 0 Å². The van der Waals surface area contributed by atoms with Crippen LogP contribution in [0.15, 0.2) is 77.3 Å². The second kappa shape index (κ2) is 12.5. The minimum absolute atomic E-state index is 0.0781. The van der Waals surface area contributed by atoms with Crippen molar-refractivity contribution in [1.82, 2.24) is 10.2 Å². The van der Waals surface area contributed by atoms with Crippen LogP contribution in [0.5, 0.6) is 5.75 Å². The lowest BCUT2D eigenvalue weighted by Crippen LogP contribution is -2.51. The van der Waals surface area contributed by atoms with Crippen molar-refractivity contribution in [1.29, 1.82) is 0 Å². The van der Waals surface area contributed by atoms with Gasteiger partial charge in [-0.05, 0) is 52.7 Å². The van der Waals surface area contributed by atoms with Gasteiger partial charge in [0.1, 0.15) is 17.6 Å². The Labute approximate surface area is 212 Å². The summed E-state index contributed by atoms with van der Waals surface area (Å²) in [5.74, 6) is -0.779. The molecule has 3 aromatic carbocycles. The molecule has 3 rings (SSSR count). The predicted octanol–water partition coefficient (Wildman–Crippen LogP) is 5.40. The number of likely N-dealkylation sites (N-methyl/N-ethyl adjacent to an activating group) is 1. The van der Waals surface area contributed by atoms with Gasteiger partial charge < -0.3 is 15.0 Å². The van der Waals surface area contributed by atoms with Gasteiger partial charge in [-0.25, -0.2) is 4.39 Å². The molecule has 2 amide bonds. The van der Waals surface area contributed by atoms with E-state index in [4.69, 9.17) is 16.3 Å². The molecule has 34 heavy (non-hydrogen) atoms. The van der Waals surface area contributed by atoms with Crippen molar-refractivity contribution < 1.29 is 18.7 Å². The van der Waals surface area contributed by atoms with Gasteiger partial charge in [-0.15, -0.1) is 0 Å². The second-order valence-electron chi connectivity index (χ2n) is 7.58. The molecule has 0 saturated carbocycles. The van der Waals surface area contributed by atoms with Gasteiger partial charge in [-0.3, -0.25) is 9.59 Å². The first kappa shape index (κ1) is 25.7. The van der Waals surface area contributed by atoms with Crippen LogP contribution in [0, 0.1) is 5.82 Å². The summed E-state index contributed by atoms with van der Waals surface area (Å²) in [6, 6.07) is 19.7. The Bertz CT molecular complexity index is 1130. The van der Waals surface area contributed by atoms with Gasteiger partial charge in [0, 0.05) is 30.1 Å². The number of hydrogen-bond acceptors (Lipinski definition) is 3. The van der Waals surface area contributed by atoms with E-state index in [2.05, 4.69) is 21.2 Å². The first-order valence-corrected chi connectivity index (χ1v) is 12.0. The minimum Gasteiger partial charge on any atom is -0.483 e. The van der Waals surface area contributed by atoms with Crippen LogP contribution in [-0.4, -0.2) is 35.9 Å². The monoisotopic (exact) mass is 546 g/mol. The van der Waals surface area contributed by atoms with E-state index in [1.54, 1.807) is 36.4 Å². The van der Waals surface area contributed by atoms with E-state index in [1.807, 2.05) is 37.3 Å². The molecule has 5 nitrogen and oxygen atoms in total. The average Bonchev–Trinajstić information content (AvgIpc) is 2.82. The fourth-order valence-corrected chi connectivity index (χ4v) is 4.27. The summed E-state index contributed by atoms with van der Waals surface area (Å²) in [6.45, 7) is 1.80. The number of halogens is 3. The SMILES string of the molecule is CCNC(=O)C(Cc1ccccc1)N(Cc1ccccc1F)C(=O)COc1ccc(Cl)cc1Br. The third-order valence-corrected chi connectivity index (χ3v) is 6.02. The number of nitrogens with zero attached hydrogens (tertiary/aromatic N) is 1. The van der Waals surface area contributed by atoms with Crippen LogP contribution in [0.2, 0.25) is 5.02 Å². The van der Waals surface area contributed by atoms with Gasteiger partial charge in [0.15, 0.2) is 6.61 Å². The number of carbonyl (C=O) groups excluding carboxylic acids is 2. The van der Waals surface area contributed by atoms with Gasteiger partial charge in [0.25, 0.3) is 5.91 Å². The lowest BCUT2D eigenvalue weighted by Gasteiger charge is -2.31. The van der Waals surface area contributed by atoms with Crippen LogP contribution in [0.3, 0.4) is 0 Å². The predicted molar refractivity (Wildman–Crippen MR) is 134 cm³/mol. The molecule has 0 bridgehead atoms. The summed E-state index contributed by atoms with van der Waals surface area (Å²) in [5.41, 5.74) is 1.19. The maximum Gasteiger partial charge on any atom is 0.261 e. The minimum atomic E-state index is -0.855. The zero-order valence-electron chi connectivity index (χ0n) is 18.6. The summed E-state index contributed by atoms with van der Waals surface area (Å²) in [7, 11) is 0. The van der Waals surface area contributed by atoms with Gasteiger partial charge >= 0.3 is 0 Å². The Kier molecular flexibility index (Phi) is 9.48. The number of benzene rings is 3. The Morgan fingerprint density at radius 3 is 2.47 bits per heavy atom. The molecule has 0 fully saturated rings. The fourth-order valence-electron chi connectivity index (χ4n) is 3.47. The van der Waals surface area contributed by atoms with Crippen molar-refractivity contribution in [2.45, 2.75) is 25.9 Å². The summed E-state index contributed by atoms with van der Waals surface area (Å²) in [6.07, 6.45) is 0.275. The molecule has 0 aliphatic rings. The molecule has 178 valence electrons. The smallest absolute Gasteiger partial charge is 0.261 e. The molecule has 1 unspecified atom stereocenters. The first-order valence-electron chi connectivity index (χ1n) is 10.8. The number of rotatable bonds is 10. The summed E-state index contributed by atoms with van der Waals surface area (Å²) < 4.78 is 20.8. The zero-order chi connectivity index (χ0) is 24.5. The van der Waals surface area contributed by atoms with E-state index >= 15 is 0 Å². The van der Waals surface area contributed by atoms with Crippen molar-refractivity contribution in [3.05, 3.63) is 99.2 Å². The molecule has 1 N–H and O–H groups in total. The Morgan fingerprint density at radius 2 is 1.79 bits per heavy atom. The van der Waals surface area contributed by atoms with Crippen LogP contribution in [0.4, 0.5) is 4.39 Å². The van der Waals surface area contributed by atoms with Crippen molar-refractivity contribution in [3.8, 4) is 5.75 Å². The van der Waals surface area contributed by atoms with Crippen LogP contribution >= 0.6 is 27.5 Å². The topological polar surface area (TPSA) is 58.6 Å². The highest BCUT2D eigenvalue weighted by molar-refractivity contribution is 9.10. The molecule has 0 radical (unpaired) electrons. The maximum absolute atomic E-state index is 14.5. The number of ether oxygens (including phenoxy) is 1. The highest BCUT2D eigenvalue weighted by Gasteiger charge is 2.31. The van der Waals surface area contributed by atoms with Gasteiger partial charge in [-0.2, -0.15) is 0 Å². The van der Waals surface area contributed by atoms with E-state index < -0.39 is 17.8 Å². The fraction of sp³-hybridized carbons (Fsp3) is 0.231. The quantitative estimate of drug-likeness (QED) is 0.370. The third-order valence-electron chi connectivity index (χ3n) is 5.17. The standard InChI is InChI=1S/C26H25BrClFN2O3/c1-2-30-26(33)23(14-18-8-4-3-5-9-18)31(16-19-10-6-7-11-22(19)29)25(32)17-34-24-13-12-20(28)15-21(24)27/h3-13,15,23H,2,14,16-17H2,1H3,(H,30,33). The lowest BCUT2D eigenvalue weighted by molar-refractivity contribution is -0.142. The molecular formula is C26H25BrClFN2O3. The molecule has 0 saturated heterocycles. The van der Waals surface area contributed by atoms with E-state index in [0.29, 0.717) is 27.4 Å². The molecule has 0 aliphatic heterocycles. The summed E-state index contributed by atoms with van der Waals surface area (Å²) >= 11 is 9.34. The molecule has 0 aromatic heterocycles. The molecular weight excluding hydrogens is 523 g/mol. The highest BCUT2D eigenvalue weighted by atomic mass is 79.9. The van der Waals surface area contributed by atoms with E-state index in [-0.39, 0.29) is 25.5 Å². The molecule has 0 spiro atoms. The third kappa shape index (κ3) is 7.05. The van der Waals surface area contributed by atoms with Crippen LogP contribution < -0.4 is 10.1 Å². The summed E-state index contributed by atoms with van der Waals surface area (Å²) in [5, 5.41) is 3.32. The zero-order valence-corrected chi connectivity index (χ0v) is 21.0. The van der Waals surface area contributed by atoms with Crippen LogP contribution in [0.25, 0.3) is 0 Å². The molecule has 3 aromatic rings. The van der Waals surface area contributed by atoms with Gasteiger partial charge in [-0.1, -0.05) is 60.1 Å². The first-order chi connectivity index (χ1) is 16.4. The number of carbonyl (C=O) groups is 2. The highest BCUT2D eigenvalue weighted by Crippen LogP contribution is 2.28. The average molecular weight is 548 g/mol. The maximum atomic E-state index is 14.5. The number of amides is 2. The molecule has 0 aliphatic carbocycles. The van der Waals surface area contributed by atoms with Crippen molar-refractivity contribution in [3.63, 3.8) is 0 Å². The Balaban J connectivity index is 1.91. The van der Waals surface area contributed by atoms with E-state index in [1.165, 1.54) is 11.0 Å². The molecule has 8 heteroatoms. The van der Waals surface area contributed by atoms with Gasteiger partial charge in [0.05, 0.1) is 4.47 Å². The second-order valence-corrected chi connectivity index (χ2v) is 8.87. The summed E-state index contributed by atoms with van der Waals surface area (Å²) in [4.78, 5) is 27.9. The Hall–Kier alpha value is -2.90. The van der Waals surface area contributed by atoms with Crippen LogP contribution in [0.1, 0.15) is 18.1 Å². The largest absolute Gasteiger partial charge is 0.483 e. The lowest BCUT2D eigenvalue weighted by atomic mass is 10.0. The van der Waals surface area contributed by atoms with Crippen molar-refractivity contribution in [2.75, 3.05) is 13.2 Å². The molecule has 0 heterocycles. The number of hydrogen-bond donors (Lipinski definition) is 1. The van der Waals surface area contributed by atoms with Gasteiger partial charge in [0.2, 0.25) is 5.91 Å². The normalized spacial score (nSPS) is 11.5. The van der Waals surface area contributed by atoms with E-state index in [0.717, 1.165) is 5.56 Å².